The number of ether oxygens (including phenoxy) is 1. The van der Waals surface area contributed by atoms with Crippen LogP contribution < -0.4 is 10.5 Å². The molecule has 2 aromatic rings. The lowest BCUT2D eigenvalue weighted by molar-refractivity contribution is 0.241. The lowest BCUT2D eigenvalue weighted by atomic mass is 10.0. The van der Waals surface area contributed by atoms with E-state index in [0.717, 1.165) is 22.6 Å². The molecule has 0 aliphatic rings. The quantitative estimate of drug-likeness (QED) is 0.873. The fourth-order valence-electron chi connectivity index (χ4n) is 1.86. The van der Waals surface area contributed by atoms with E-state index in [1.54, 1.807) is 0 Å². The van der Waals surface area contributed by atoms with Gasteiger partial charge in [-0.2, -0.15) is 5.10 Å². The minimum Gasteiger partial charge on any atom is -0.490 e. The molecule has 18 heavy (non-hydrogen) atoms. The number of nitrogens with zero attached hydrogens (tertiary/aromatic N) is 1. The number of hydrogen-bond acceptors (Lipinski definition) is 3. The Morgan fingerprint density at radius 3 is 2.56 bits per heavy atom. The minimum absolute atomic E-state index is 0.129. The molecule has 0 saturated carbocycles. The number of benzene rings is 1. The van der Waals surface area contributed by atoms with Gasteiger partial charge in [0, 0.05) is 11.6 Å². The smallest absolute Gasteiger partial charge is 0.145 e. The average Bonchev–Trinajstić information content (AvgIpc) is 2.71. The van der Waals surface area contributed by atoms with E-state index in [4.69, 9.17) is 10.5 Å². The van der Waals surface area contributed by atoms with Crippen LogP contribution in [0.4, 0.5) is 5.82 Å². The number of hydrogen-bond donors (Lipinski definition) is 2. The molecule has 0 spiro atoms. The van der Waals surface area contributed by atoms with Crippen LogP contribution in [0.25, 0.3) is 11.3 Å². The Labute approximate surface area is 107 Å². The molecule has 0 fully saturated rings. The van der Waals surface area contributed by atoms with Gasteiger partial charge < -0.3 is 10.5 Å². The lowest BCUT2D eigenvalue weighted by Gasteiger charge is -2.17. The Kier molecular flexibility index (Phi) is 3.28. The Hall–Kier alpha value is -1.97. The molecule has 0 saturated heterocycles. The van der Waals surface area contributed by atoms with Gasteiger partial charge in [0.05, 0.1) is 11.8 Å². The number of H-pyrrole nitrogens is 1. The van der Waals surface area contributed by atoms with Gasteiger partial charge in [0.2, 0.25) is 0 Å². The number of anilines is 1. The second kappa shape index (κ2) is 4.72. The molecule has 0 bridgehead atoms. The van der Waals surface area contributed by atoms with E-state index in [1.807, 2.05) is 26.0 Å². The van der Waals surface area contributed by atoms with Gasteiger partial charge in [-0.3, -0.25) is 5.10 Å². The van der Waals surface area contributed by atoms with Crippen LogP contribution in [0, 0.1) is 13.8 Å². The summed E-state index contributed by atoms with van der Waals surface area (Å²) in [7, 11) is 0. The van der Waals surface area contributed by atoms with Crippen LogP contribution in [0.5, 0.6) is 5.75 Å². The molecular weight excluding hydrogens is 226 g/mol. The number of nitrogen functional groups attached to an aromatic ring is 1. The molecule has 3 N–H and O–H groups in total. The molecule has 0 radical (unpaired) electrons. The topological polar surface area (TPSA) is 63.9 Å². The predicted octanol–water partition coefficient (Wildman–Crippen LogP) is 3.06. The van der Waals surface area contributed by atoms with E-state index in [2.05, 4.69) is 30.1 Å². The second-order valence-electron chi connectivity index (χ2n) is 4.76. The van der Waals surface area contributed by atoms with Crippen molar-refractivity contribution in [1.29, 1.82) is 0 Å². The van der Waals surface area contributed by atoms with E-state index in [9.17, 15) is 0 Å². The zero-order valence-electron chi connectivity index (χ0n) is 11.2. The van der Waals surface area contributed by atoms with Gasteiger partial charge in [0.25, 0.3) is 0 Å². The maximum absolute atomic E-state index is 5.93. The highest BCUT2D eigenvalue weighted by molar-refractivity contribution is 5.71. The molecule has 4 heteroatoms. The van der Waals surface area contributed by atoms with Crippen LogP contribution in [-0.2, 0) is 0 Å². The Morgan fingerprint density at radius 1 is 1.28 bits per heavy atom. The molecule has 1 heterocycles. The largest absolute Gasteiger partial charge is 0.490 e. The summed E-state index contributed by atoms with van der Waals surface area (Å²) in [5.41, 5.74) is 9.89. The molecule has 0 unspecified atom stereocenters. The first-order valence-electron chi connectivity index (χ1n) is 6.07. The van der Waals surface area contributed by atoms with Gasteiger partial charge in [-0.25, -0.2) is 0 Å². The van der Waals surface area contributed by atoms with Crippen molar-refractivity contribution in [2.24, 2.45) is 0 Å². The molecule has 4 nitrogen and oxygen atoms in total. The summed E-state index contributed by atoms with van der Waals surface area (Å²) in [6.45, 7) is 8.18. The number of aromatic amines is 1. The number of nitrogens with two attached hydrogens (primary N) is 1. The molecule has 0 aliphatic heterocycles. The summed E-state index contributed by atoms with van der Waals surface area (Å²) in [6, 6.07) is 5.93. The third-order valence-corrected chi connectivity index (χ3v) is 2.92. The fraction of sp³-hybridized carbons (Fsp3) is 0.357. The highest BCUT2D eigenvalue weighted by atomic mass is 16.5. The lowest BCUT2D eigenvalue weighted by Crippen LogP contribution is -2.08. The van der Waals surface area contributed by atoms with Crippen molar-refractivity contribution in [2.75, 3.05) is 5.73 Å². The van der Waals surface area contributed by atoms with Gasteiger partial charge in [0.15, 0.2) is 0 Å². The van der Waals surface area contributed by atoms with Gasteiger partial charge in [-0.15, -0.1) is 0 Å². The van der Waals surface area contributed by atoms with Gasteiger partial charge in [0.1, 0.15) is 11.6 Å². The van der Waals surface area contributed by atoms with E-state index >= 15 is 0 Å². The molecule has 1 aromatic carbocycles. The number of aromatic nitrogens is 2. The van der Waals surface area contributed by atoms with Gasteiger partial charge in [-0.1, -0.05) is 6.07 Å². The van der Waals surface area contributed by atoms with Crippen molar-refractivity contribution in [3.05, 3.63) is 29.3 Å². The molecule has 0 aliphatic carbocycles. The first-order chi connectivity index (χ1) is 8.49. The second-order valence-corrected chi connectivity index (χ2v) is 4.76. The summed E-state index contributed by atoms with van der Waals surface area (Å²) in [6.07, 6.45) is 0.129. The van der Waals surface area contributed by atoms with Crippen LogP contribution in [-0.4, -0.2) is 16.3 Å². The molecular formula is C14H19N3O. The number of aryl methyl sites for hydroxylation is 1. The Morgan fingerprint density at radius 2 is 2.00 bits per heavy atom. The Bertz CT molecular complexity index is 558. The third kappa shape index (κ3) is 2.32. The third-order valence-electron chi connectivity index (χ3n) is 2.92. The first kappa shape index (κ1) is 12.5. The highest BCUT2D eigenvalue weighted by Gasteiger charge is 2.14. The van der Waals surface area contributed by atoms with Crippen LogP contribution in [0.1, 0.15) is 25.0 Å². The summed E-state index contributed by atoms with van der Waals surface area (Å²) in [5, 5.41) is 6.89. The van der Waals surface area contributed by atoms with E-state index < -0.39 is 0 Å². The van der Waals surface area contributed by atoms with Crippen LogP contribution in [0.2, 0.25) is 0 Å². The van der Waals surface area contributed by atoms with Crippen LogP contribution >= 0.6 is 0 Å². The number of rotatable bonds is 3. The zero-order chi connectivity index (χ0) is 13.3. The van der Waals surface area contributed by atoms with Crippen molar-refractivity contribution < 1.29 is 4.74 Å². The van der Waals surface area contributed by atoms with Crippen molar-refractivity contribution in [3.8, 4) is 17.0 Å². The first-order valence-corrected chi connectivity index (χ1v) is 6.07. The highest BCUT2D eigenvalue weighted by Crippen LogP contribution is 2.34. The fourth-order valence-corrected chi connectivity index (χ4v) is 1.86. The summed E-state index contributed by atoms with van der Waals surface area (Å²) in [4.78, 5) is 0. The average molecular weight is 245 g/mol. The van der Waals surface area contributed by atoms with Crippen LogP contribution in [0.15, 0.2) is 18.2 Å². The normalized spacial score (nSPS) is 10.9. The maximum Gasteiger partial charge on any atom is 0.145 e. The molecule has 0 amide bonds. The SMILES string of the molecule is Cc1ccc(-c2cc(N)n[nH]2)c(OC(C)C)c1C. The minimum atomic E-state index is 0.129. The standard InChI is InChI=1S/C14H19N3O/c1-8(2)18-14-10(4)9(3)5-6-11(14)12-7-13(15)17-16-12/h5-8H,1-4H3,(H3,15,16,17). The monoisotopic (exact) mass is 245 g/mol. The van der Waals surface area contributed by atoms with E-state index in [1.165, 1.54) is 5.56 Å². The summed E-state index contributed by atoms with van der Waals surface area (Å²) in [5.74, 6) is 1.38. The molecule has 2 rings (SSSR count). The van der Waals surface area contributed by atoms with Crippen LogP contribution in [0.3, 0.4) is 0 Å². The van der Waals surface area contributed by atoms with Crippen molar-refractivity contribution in [1.82, 2.24) is 10.2 Å². The summed E-state index contributed by atoms with van der Waals surface area (Å²) < 4.78 is 5.93. The zero-order valence-corrected chi connectivity index (χ0v) is 11.2. The maximum atomic E-state index is 5.93. The molecule has 1 aromatic heterocycles. The van der Waals surface area contributed by atoms with Gasteiger partial charge >= 0.3 is 0 Å². The predicted molar refractivity (Wildman–Crippen MR) is 73.7 cm³/mol. The van der Waals surface area contributed by atoms with E-state index in [0.29, 0.717) is 5.82 Å². The number of nitrogens with one attached hydrogen (secondary N) is 1. The Balaban J connectivity index is 2.56. The van der Waals surface area contributed by atoms with Crippen molar-refractivity contribution in [2.45, 2.75) is 33.8 Å². The van der Waals surface area contributed by atoms with Crippen molar-refractivity contribution in [3.63, 3.8) is 0 Å². The van der Waals surface area contributed by atoms with Crippen molar-refractivity contribution >= 4 is 5.82 Å². The summed E-state index contributed by atoms with van der Waals surface area (Å²) >= 11 is 0. The van der Waals surface area contributed by atoms with E-state index in [-0.39, 0.29) is 6.10 Å². The molecule has 0 atom stereocenters. The van der Waals surface area contributed by atoms with Gasteiger partial charge in [-0.05, 0) is 44.9 Å². The molecule has 96 valence electrons.